The highest BCUT2D eigenvalue weighted by Gasteiger charge is 2.15. The van der Waals surface area contributed by atoms with Crippen molar-refractivity contribution >= 4 is 11.6 Å². The van der Waals surface area contributed by atoms with Gasteiger partial charge in [0, 0.05) is 0 Å². The monoisotopic (exact) mass is 291 g/mol. The maximum atomic E-state index is 13.5. The van der Waals surface area contributed by atoms with E-state index in [9.17, 15) is 4.39 Å². The summed E-state index contributed by atoms with van der Waals surface area (Å²) in [5, 5.41) is 0.106. The minimum Gasteiger partial charge on any atom is -0.320 e. The lowest BCUT2D eigenvalue weighted by molar-refractivity contribution is 0.624. The van der Waals surface area contributed by atoms with Crippen LogP contribution in [-0.4, -0.2) is 0 Å². The van der Waals surface area contributed by atoms with Crippen molar-refractivity contribution in [2.24, 2.45) is 11.7 Å². The topological polar surface area (TPSA) is 26.0 Å². The van der Waals surface area contributed by atoms with Crippen LogP contribution in [0, 0.1) is 11.7 Å². The molecule has 0 spiro atoms. The fourth-order valence-electron chi connectivity index (χ4n) is 2.33. The van der Waals surface area contributed by atoms with Crippen LogP contribution < -0.4 is 5.73 Å². The molecule has 0 saturated carbocycles. The molecule has 0 aromatic heterocycles. The summed E-state index contributed by atoms with van der Waals surface area (Å²) in [6.07, 6.45) is 0.997. The highest BCUT2D eigenvalue weighted by molar-refractivity contribution is 6.31. The number of benzene rings is 2. The molecule has 0 aliphatic rings. The van der Waals surface area contributed by atoms with Crippen LogP contribution >= 0.6 is 11.6 Å². The molecule has 0 aliphatic carbocycles. The first-order valence-corrected chi connectivity index (χ1v) is 7.15. The maximum absolute atomic E-state index is 13.5. The van der Waals surface area contributed by atoms with E-state index in [4.69, 9.17) is 17.3 Å². The number of hydrogen-bond donors (Lipinski definition) is 1. The molecule has 0 fully saturated rings. The van der Waals surface area contributed by atoms with Crippen LogP contribution in [0.1, 0.15) is 36.6 Å². The largest absolute Gasteiger partial charge is 0.320 e. The van der Waals surface area contributed by atoms with Crippen molar-refractivity contribution in [3.05, 3.63) is 70.0 Å². The van der Waals surface area contributed by atoms with Crippen molar-refractivity contribution in [3.63, 3.8) is 0 Å². The van der Waals surface area contributed by atoms with E-state index >= 15 is 0 Å². The zero-order valence-electron chi connectivity index (χ0n) is 11.7. The quantitative estimate of drug-likeness (QED) is 0.866. The molecule has 2 aromatic carbocycles. The number of rotatable bonds is 4. The number of nitrogens with two attached hydrogens (primary N) is 1. The molecule has 2 rings (SSSR count). The lowest BCUT2D eigenvalue weighted by Crippen LogP contribution is -2.13. The fourth-order valence-corrected chi connectivity index (χ4v) is 2.57. The summed E-state index contributed by atoms with van der Waals surface area (Å²) in [5.74, 6) is 0.150. The van der Waals surface area contributed by atoms with Gasteiger partial charge in [0.05, 0.1) is 11.1 Å². The van der Waals surface area contributed by atoms with E-state index in [2.05, 4.69) is 26.0 Å². The second-order valence-electron chi connectivity index (χ2n) is 5.46. The van der Waals surface area contributed by atoms with Crippen LogP contribution in [0.15, 0.2) is 42.5 Å². The van der Waals surface area contributed by atoms with Gasteiger partial charge in [-0.05, 0) is 35.1 Å². The fraction of sp³-hybridized carbons (Fsp3) is 0.294. The van der Waals surface area contributed by atoms with Gasteiger partial charge in [0.1, 0.15) is 5.82 Å². The van der Waals surface area contributed by atoms with Gasteiger partial charge in [0.15, 0.2) is 0 Å². The normalized spacial score (nSPS) is 12.7. The molecular weight excluding hydrogens is 273 g/mol. The average molecular weight is 292 g/mol. The third kappa shape index (κ3) is 3.38. The summed E-state index contributed by atoms with van der Waals surface area (Å²) in [6.45, 7) is 4.35. The Balaban J connectivity index is 2.33. The predicted octanol–water partition coefficient (Wildman–Crippen LogP) is 4.73. The lowest BCUT2D eigenvalue weighted by Gasteiger charge is -2.16. The van der Waals surface area contributed by atoms with Crippen molar-refractivity contribution in [1.29, 1.82) is 0 Å². The molecule has 1 unspecified atom stereocenters. The van der Waals surface area contributed by atoms with Crippen molar-refractivity contribution in [3.8, 4) is 0 Å². The summed E-state index contributed by atoms with van der Waals surface area (Å²) < 4.78 is 13.5. The summed E-state index contributed by atoms with van der Waals surface area (Å²) >= 11 is 6.01. The summed E-state index contributed by atoms with van der Waals surface area (Å²) in [6, 6.07) is 12.4. The van der Waals surface area contributed by atoms with Crippen LogP contribution in [0.2, 0.25) is 5.02 Å². The molecule has 3 heteroatoms. The van der Waals surface area contributed by atoms with Gasteiger partial charge < -0.3 is 5.73 Å². The minimum atomic E-state index is -0.432. The maximum Gasteiger partial charge on any atom is 0.142 e. The molecule has 106 valence electrons. The van der Waals surface area contributed by atoms with Crippen LogP contribution in [0.5, 0.6) is 0 Å². The number of halogens is 2. The van der Waals surface area contributed by atoms with E-state index in [0.717, 1.165) is 12.0 Å². The Hall–Kier alpha value is -1.38. The van der Waals surface area contributed by atoms with E-state index in [1.165, 1.54) is 11.6 Å². The van der Waals surface area contributed by atoms with Crippen LogP contribution in [0.25, 0.3) is 0 Å². The molecule has 0 amide bonds. The van der Waals surface area contributed by atoms with Crippen molar-refractivity contribution in [2.45, 2.75) is 26.3 Å². The Bertz CT molecular complexity index is 595. The van der Waals surface area contributed by atoms with E-state index < -0.39 is 11.9 Å². The second-order valence-corrected chi connectivity index (χ2v) is 5.84. The van der Waals surface area contributed by atoms with Crippen LogP contribution in [-0.2, 0) is 6.42 Å². The highest BCUT2D eigenvalue weighted by atomic mass is 35.5. The Morgan fingerprint density at radius 2 is 1.85 bits per heavy atom. The van der Waals surface area contributed by atoms with Gasteiger partial charge in [-0.2, -0.15) is 0 Å². The van der Waals surface area contributed by atoms with Crippen molar-refractivity contribution in [2.75, 3.05) is 0 Å². The van der Waals surface area contributed by atoms with Crippen LogP contribution in [0.4, 0.5) is 4.39 Å². The van der Waals surface area contributed by atoms with E-state index in [-0.39, 0.29) is 5.02 Å². The molecule has 0 bridgehead atoms. The van der Waals surface area contributed by atoms with Gasteiger partial charge in [-0.15, -0.1) is 0 Å². The average Bonchev–Trinajstić information content (AvgIpc) is 2.41. The smallest absolute Gasteiger partial charge is 0.142 e. The van der Waals surface area contributed by atoms with E-state index in [1.54, 1.807) is 12.1 Å². The molecule has 0 radical (unpaired) electrons. The second kappa shape index (κ2) is 6.38. The van der Waals surface area contributed by atoms with Gasteiger partial charge in [-0.25, -0.2) is 4.39 Å². The van der Waals surface area contributed by atoms with Gasteiger partial charge in [-0.1, -0.05) is 61.8 Å². The molecule has 2 N–H and O–H groups in total. The Morgan fingerprint density at radius 1 is 1.15 bits per heavy atom. The van der Waals surface area contributed by atoms with Gasteiger partial charge in [0.25, 0.3) is 0 Å². The predicted molar refractivity (Wildman–Crippen MR) is 82.4 cm³/mol. The molecule has 1 nitrogen and oxygen atoms in total. The van der Waals surface area contributed by atoms with E-state index in [1.807, 2.05) is 12.1 Å². The zero-order chi connectivity index (χ0) is 14.7. The molecule has 20 heavy (non-hydrogen) atoms. The van der Waals surface area contributed by atoms with Gasteiger partial charge >= 0.3 is 0 Å². The zero-order valence-corrected chi connectivity index (χ0v) is 12.5. The minimum absolute atomic E-state index is 0.106. The third-order valence-electron chi connectivity index (χ3n) is 3.27. The summed E-state index contributed by atoms with van der Waals surface area (Å²) in [4.78, 5) is 0. The van der Waals surface area contributed by atoms with Crippen LogP contribution in [0.3, 0.4) is 0 Å². The standard InChI is InChI=1S/C17H19ClFN/c1-11(2)9-12-5-3-6-13(10-12)17(20)14-7-4-8-15(19)16(14)18/h3-8,10-11,17H,9,20H2,1-2H3. The molecule has 2 aromatic rings. The summed E-state index contributed by atoms with van der Waals surface area (Å²) in [5.41, 5.74) is 9.04. The lowest BCUT2D eigenvalue weighted by atomic mass is 9.95. The molecule has 1 atom stereocenters. The first kappa shape index (κ1) is 15.0. The first-order chi connectivity index (χ1) is 9.49. The Morgan fingerprint density at radius 3 is 2.55 bits per heavy atom. The Labute approximate surface area is 124 Å². The summed E-state index contributed by atoms with van der Waals surface area (Å²) in [7, 11) is 0. The van der Waals surface area contributed by atoms with Gasteiger partial charge in [0.2, 0.25) is 0 Å². The first-order valence-electron chi connectivity index (χ1n) is 6.77. The molecular formula is C17H19ClFN. The molecule has 0 aliphatic heterocycles. The molecule has 0 heterocycles. The van der Waals surface area contributed by atoms with Crippen molar-refractivity contribution in [1.82, 2.24) is 0 Å². The van der Waals surface area contributed by atoms with Crippen molar-refractivity contribution < 1.29 is 4.39 Å². The molecule has 0 saturated heterocycles. The van der Waals surface area contributed by atoms with E-state index in [0.29, 0.717) is 11.5 Å². The Kier molecular flexibility index (Phi) is 4.79. The highest BCUT2D eigenvalue weighted by Crippen LogP contribution is 2.29. The SMILES string of the molecule is CC(C)Cc1cccc(C(N)c2cccc(F)c2Cl)c1. The van der Waals surface area contributed by atoms with Gasteiger partial charge in [-0.3, -0.25) is 0 Å². The third-order valence-corrected chi connectivity index (χ3v) is 3.67. The number of hydrogen-bond acceptors (Lipinski definition) is 1.